The van der Waals surface area contributed by atoms with Crippen molar-refractivity contribution in [2.75, 3.05) is 18.8 Å². The Kier molecular flexibility index (Phi) is 2.89. The smallest absolute Gasteiger partial charge is 0.124 e. The SMILES string of the molecule is Nc1ccc2c(CN3CCC(O)C3)cccc2n1. The van der Waals surface area contributed by atoms with Crippen molar-refractivity contribution in [1.82, 2.24) is 9.88 Å². The van der Waals surface area contributed by atoms with Gasteiger partial charge >= 0.3 is 0 Å². The van der Waals surface area contributed by atoms with E-state index in [1.54, 1.807) is 0 Å². The van der Waals surface area contributed by atoms with Crippen LogP contribution in [0.1, 0.15) is 12.0 Å². The normalized spacial score (nSPS) is 20.6. The minimum atomic E-state index is -0.172. The van der Waals surface area contributed by atoms with E-state index in [1.165, 1.54) is 5.56 Å². The highest BCUT2D eigenvalue weighted by atomic mass is 16.3. The number of pyridine rings is 1. The molecule has 3 N–H and O–H groups in total. The van der Waals surface area contributed by atoms with Crippen molar-refractivity contribution in [3.63, 3.8) is 0 Å². The molecule has 0 saturated carbocycles. The van der Waals surface area contributed by atoms with Crippen molar-refractivity contribution in [3.8, 4) is 0 Å². The number of fused-ring (bicyclic) bond motifs is 1. The summed E-state index contributed by atoms with van der Waals surface area (Å²) in [5, 5.41) is 10.7. The maximum absolute atomic E-state index is 9.56. The fourth-order valence-corrected chi connectivity index (χ4v) is 2.57. The van der Waals surface area contributed by atoms with Crippen LogP contribution in [0.25, 0.3) is 10.9 Å². The first-order valence-corrected chi connectivity index (χ1v) is 6.27. The molecule has 18 heavy (non-hydrogen) atoms. The van der Waals surface area contributed by atoms with Crippen LogP contribution in [0.3, 0.4) is 0 Å². The molecule has 1 aromatic heterocycles. The number of rotatable bonds is 2. The molecule has 2 heterocycles. The number of nitrogens with two attached hydrogens (primary N) is 1. The minimum absolute atomic E-state index is 0.172. The van der Waals surface area contributed by atoms with Crippen LogP contribution >= 0.6 is 0 Å². The summed E-state index contributed by atoms with van der Waals surface area (Å²) < 4.78 is 0. The molecule has 1 fully saturated rings. The number of benzene rings is 1. The number of nitrogen functional groups attached to an aromatic ring is 1. The van der Waals surface area contributed by atoms with Gasteiger partial charge in [0.05, 0.1) is 11.6 Å². The van der Waals surface area contributed by atoms with Crippen LogP contribution in [0, 0.1) is 0 Å². The number of hydrogen-bond donors (Lipinski definition) is 2. The zero-order valence-electron chi connectivity index (χ0n) is 10.2. The minimum Gasteiger partial charge on any atom is -0.392 e. The first-order chi connectivity index (χ1) is 8.72. The average Bonchev–Trinajstić information content (AvgIpc) is 2.75. The second kappa shape index (κ2) is 4.55. The Morgan fingerprint density at radius 1 is 1.33 bits per heavy atom. The number of aliphatic hydroxyl groups is 1. The molecule has 2 aromatic rings. The Hall–Kier alpha value is -1.65. The van der Waals surface area contributed by atoms with Gasteiger partial charge < -0.3 is 10.8 Å². The van der Waals surface area contributed by atoms with Crippen LogP contribution in [0.5, 0.6) is 0 Å². The summed E-state index contributed by atoms with van der Waals surface area (Å²) in [7, 11) is 0. The number of nitrogens with zero attached hydrogens (tertiary/aromatic N) is 2. The molecule has 0 amide bonds. The number of likely N-dealkylation sites (tertiary alicyclic amines) is 1. The van der Waals surface area contributed by atoms with E-state index in [4.69, 9.17) is 5.73 Å². The van der Waals surface area contributed by atoms with E-state index in [0.717, 1.165) is 37.0 Å². The van der Waals surface area contributed by atoms with E-state index in [9.17, 15) is 5.11 Å². The lowest BCUT2D eigenvalue weighted by molar-refractivity contribution is 0.175. The van der Waals surface area contributed by atoms with Crippen LogP contribution in [-0.4, -0.2) is 34.2 Å². The average molecular weight is 243 g/mol. The molecule has 0 radical (unpaired) electrons. The van der Waals surface area contributed by atoms with Crippen molar-refractivity contribution in [2.24, 2.45) is 0 Å². The van der Waals surface area contributed by atoms with Crippen LogP contribution < -0.4 is 5.73 Å². The zero-order chi connectivity index (χ0) is 12.5. The lowest BCUT2D eigenvalue weighted by atomic mass is 10.1. The van der Waals surface area contributed by atoms with E-state index in [1.807, 2.05) is 24.3 Å². The Bertz CT molecular complexity index is 570. The van der Waals surface area contributed by atoms with Gasteiger partial charge in [-0.2, -0.15) is 0 Å². The highest BCUT2D eigenvalue weighted by Crippen LogP contribution is 2.21. The van der Waals surface area contributed by atoms with E-state index < -0.39 is 0 Å². The van der Waals surface area contributed by atoms with E-state index in [0.29, 0.717) is 5.82 Å². The fraction of sp³-hybridized carbons (Fsp3) is 0.357. The molecule has 0 aliphatic carbocycles. The van der Waals surface area contributed by atoms with Crippen molar-refractivity contribution in [3.05, 3.63) is 35.9 Å². The highest BCUT2D eigenvalue weighted by Gasteiger charge is 2.20. The van der Waals surface area contributed by atoms with E-state index in [-0.39, 0.29) is 6.10 Å². The maximum Gasteiger partial charge on any atom is 0.124 e. The molecule has 1 aliphatic rings. The Labute approximate surface area is 106 Å². The van der Waals surface area contributed by atoms with Gasteiger partial charge in [-0.25, -0.2) is 4.98 Å². The Balaban J connectivity index is 1.92. The maximum atomic E-state index is 9.56. The van der Waals surface area contributed by atoms with Crippen LogP contribution in [0.2, 0.25) is 0 Å². The van der Waals surface area contributed by atoms with Crippen molar-refractivity contribution in [2.45, 2.75) is 19.1 Å². The van der Waals surface area contributed by atoms with Crippen molar-refractivity contribution < 1.29 is 5.11 Å². The predicted molar refractivity (Wildman–Crippen MR) is 72.1 cm³/mol. The lowest BCUT2D eigenvalue weighted by Gasteiger charge is -2.16. The molecule has 1 unspecified atom stereocenters. The third-order valence-corrected chi connectivity index (χ3v) is 3.49. The third kappa shape index (κ3) is 2.17. The monoisotopic (exact) mass is 243 g/mol. The van der Waals surface area contributed by atoms with Gasteiger partial charge in [0, 0.05) is 25.0 Å². The topological polar surface area (TPSA) is 62.4 Å². The number of β-amino-alcohol motifs (C(OH)–C–C–N with tert-alkyl or cyclic N) is 1. The van der Waals surface area contributed by atoms with Gasteiger partial charge in [0.2, 0.25) is 0 Å². The molecule has 94 valence electrons. The first-order valence-electron chi connectivity index (χ1n) is 6.27. The molecule has 0 spiro atoms. The van der Waals surface area contributed by atoms with Crippen molar-refractivity contribution in [1.29, 1.82) is 0 Å². The number of aliphatic hydroxyl groups excluding tert-OH is 1. The van der Waals surface area contributed by atoms with Gasteiger partial charge in [0.15, 0.2) is 0 Å². The molecule has 1 aromatic carbocycles. The summed E-state index contributed by atoms with van der Waals surface area (Å²) in [5.41, 5.74) is 7.88. The van der Waals surface area contributed by atoms with Crippen LogP contribution in [-0.2, 0) is 6.54 Å². The molecule has 0 bridgehead atoms. The molecule has 4 heteroatoms. The zero-order valence-corrected chi connectivity index (χ0v) is 10.2. The fourth-order valence-electron chi connectivity index (χ4n) is 2.57. The summed E-state index contributed by atoms with van der Waals surface area (Å²) in [5.74, 6) is 0.552. The van der Waals surface area contributed by atoms with E-state index >= 15 is 0 Å². The van der Waals surface area contributed by atoms with Gasteiger partial charge in [-0.1, -0.05) is 12.1 Å². The van der Waals surface area contributed by atoms with Gasteiger partial charge in [-0.3, -0.25) is 4.90 Å². The number of hydrogen-bond acceptors (Lipinski definition) is 4. The summed E-state index contributed by atoms with van der Waals surface area (Å²) in [4.78, 5) is 6.61. The van der Waals surface area contributed by atoms with Crippen LogP contribution in [0.4, 0.5) is 5.82 Å². The summed E-state index contributed by atoms with van der Waals surface area (Å²) in [6.07, 6.45) is 0.699. The van der Waals surface area contributed by atoms with E-state index in [2.05, 4.69) is 16.0 Å². The standard InChI is InChI=1S/C14H17N3O/c15-14-5-4-12-10(2-1-3-13(12)16-14)8-17-7-6-11(18)9-17/h1-5,11,18H,6-9H2,(H2,15,16). The largest absolute Gasteiger partial charge is 0.392 e. The first kappa shape index (κ1) is 11.4. The van der Waals surface area contributed by atoms with Crippen LogP contribution in [0.15, 0.2) is 30.3 Å². The Morgan fingerprint density at radius 2 is 2.22 bits per heavy atom. The molecular weight excluding hydrogens is 226 g/mol. The number of aromatic nitrogens is 1. The molecule has 1 saturated heterocycles. The van der Waals surface area contributed by atoms with Gasteiger partial charge in [-0.15, -0.1) is 0 Å². The van der Waals surface area contributed by atoms with Crippen molar-refractivity contribution >= 4 is 16.7 Å². The predicted octanol–water partition coefficient (Wildman–Crippen LogP) is 1.38. The molecule has 1 aliphatic heterocycles. The third-order valence-electron chi connectivity index (χ3n) is 3.49. The molecule has 4 nitrogen and oxygen atoms in total. The number of anilines is 1. The summed E-state index contributed by atoms with van der Waals surface area (Å²) in [6, 6.07) is 9.97. The van der Waals surface area contributed by atoms with Gasteiger partial charge in [0.25, 0.3) is 0 Å². The quantitative estimate of drug-likeness (QED) is 0.836. The molecule has 1 atom stereocenters. The summed E-state index contributed by atoms with van der Waals surface area (Å²) >= 11 is 0. The van der Waals surface area contributed by atoms with Gasteiger partial charge in [0.1, 0.15) is 5.82 Å². The molecule has 3 rings (SSSR count). The second-order valence-electron chi connectivity index (χ2n) is 4.90. The summed E-state index contributed by atoms with van der Waals surface area (Å²) in [6.45, 7) is 2.58. The lowest BCUT2D eigenvalue weighted by Crippen LogP contribution is -2.21. The highest BCUT2D eigenvalue weighted by molar-refractivity contribution is 5.83. The Morgan fingerprint density at radius 3 is 3.00 bits per heavy atom. The molecular formula is C14H17N3O. The second-order valence-corrected chi connectivity index (χ2v) is 4.90. The van der Waals surface area contributed by atoms with Gasteiger partial charge in [-0.05, 0) is 30.2 Å².